The van der Waals surface area contributed by atoms with Crippen molar-refractivity contribution < 1.29 is 37.1 Å². The van der Waals surface area contributed by atoms with Crippen LogP contribution in [0.5, 0.6) is 0 Å². The maximum atomic E-state index is 14.5. The maximum Gasteiger partial charge on any atom is 0.435 e. The lowest BCUT2D eigenvalue weighted by atomic mass is 9.86. The molecule has 0 aromatic heterocycles. The molecule has 0 spiro atoms. The van der Waals surface area contributed by atoms with E-state index in [2.05, 4.69) is 10.6 Å². The van der Waals surface area contributed by atoms with Crippen LogP contribution in [-0.4, -0.2) is 43.2 Å². The van der Waals surface area contributed by atoms with E-state index in [9.17, 15) is 22.8 Å². The molecule has 0 fully saturated rings. The number of methoxy groups -OCH3 is 1. The zero-order chi connectivity index (χ0) is 28.5. The van der Waals surface area contributed by atoms with Gasteiger partial charge in [-0.3, -0.25) is 10.2 Å². The Hall–Kier alpha value is -2.58. The molecule has 1 aliphatic rings. The predicted molar refractivity (Wildman–Crippen MR) is 144 cm³/mol. The summed E-state index contributed by atoms with van der Waals surface area (Å²) in [4.78, 5) is 30.4. The number of nitrogens with one attached hydrogen (secondary N) is 1. The zero-order valence-electron chi connectivity index (χ0n) is 21.2. The van der Waals surface area contributed by atoms with Crippen molar-refractivity contribution in [1.82, 2.24) is 5.43 Å². The third-order valence-electron chi connectivity index (χ3n) is 5.30. The molecule has 1 N–H and O–H groups in total. The Bertz CT molecular complexity index is 1250. The summed E-state index contributed by atoms with van der Waals surface area (Å²) in [5.74, 6) is -0.688. The number of hydrogen-bond acceptors (Lipinski definition) is 6. The van der Waals surface area contributed by atoms with Gasteiger partial charge in [0.2, 0.25) is 0 Å². The largest absolute Gasteiger partial charge is 0.442 e. The molecule has 0 saturated carbocycles. The number of carbonyl (C=O) groups excluding carboxylic acids is 2. The average molecular weight is 668 g/mol. The second-order valence-electron chi connectivity index (χ2n) is 9.60. The van der Waals surface area contributed by atoms with E-state index in [0.717, 1.165) is 5.01 Å². The number of halogens is 5. The molecule has 1 heterocycles. The summed E-state index contributed by atoms with van der Waals surface area (Å²) < 4.78 is 54.2. The lowest BCUT2D eigenvalue weighted by molar-refractivity contribution is -0.275. The number of amides is 2. The lowest BCUT2D eigenvalue weighted by Gasteiger charge is -2.30. The van der Waals surface area contributed by atoms with Crippen LogP contribution in [-0.2, 0) is 24.7 Å². The molecule has 1 unspecified atom stereocenters. The molecule has 13 heteroatoms. The molecule has 0 saturated heterocycles. The quantitative estimate of drug-likeness (QED) is 0.301. The maximum absolute atomic E-state index is 14.5. The van der Waals surface area contributed by atoms with E-state index in [1.165, 1.54) is 37.4 Å². The van der Waals surface area contributed by atoms with Crippen LogP contribution in [0, 0.1) is 10.5 Å². The smallest absolute Gasteiger partial charge is 0.435 e. The van der Waals surface area contributed by atoms with E-state index in [1.807, 2.05) is 22.6 Å². The molecule has 0 aliphatic carbocycles. The number of anilines is 1. The minimum absolute atomic E-state index is 0.0205. The monoisotopic (exact) mass is 667 g/mol. The number of oxime groups is 1. The van der Waals surface area contributed by atoms with Crippen LogP contribution < -0.4 is 10.4 Å². The fourth-order valence-corrected chi connectivity index (χ4v) is 4.72. The third-order valence-corrected chi connectivity index (χ3v) is 6.25. The number of rotatable bonds is 5. The summed E-state index contributed by atoms with van der Waals surface area (Å²) in [5.41, 5.74) is -0.578. The van der Waals surface area contributed by atoms with Gasteiger partial charge < -0.3 is 14.3 Å². The summed E-state index contributed by atoms with van der Waals surface area (Å²) in [5, 5.41) is 4.59. The third kappa shape index (κ3) is 6.70. The van der Waals surface area contributed by atoms with Crippen LogP contribution in [0.1, 0.15) is 43.9 Å². The number of hydrazine groups is 1. The van der Waals surface area contributed by atoms with E-state index >= 15 is 0 Å². The molecule has 1 atom stereocenters. The standard InChI is InChI=1S/C25H26ClF3IN3O5/c1-14-8-16(11-17(30)9-14)24(25(27,28)29)12-19(32-38-24)15-6-7-18(26)20(10-15)33(31-21(34)13-36-5)22(35)37-23(2,3)4/h6-11H,12-13H2,1-5H3,(H,31,34). The van der Waals surface area contributed by atoms with Crippen molar-refractivity contribution in [3.05, 3.63) is 61.7 Å². The van der Waals surface area contributed by atoms with E-state index in [4.69, 9.17) is 25.9 Å². The number of ether oxygens (including phenoxy) is 2. The molecule has 0 bridgehead atoms. The molecule has 3 rings (SSSR count). The van der Waals surface area contributed by atoms with Gasteiger partial charge in [-0.2, -0.15) is 18.2 Å². The van der Waals surface area contributed by atoms with Gasteiger partial charge in [0.25, 0.3) is 11.5 Å². The first-order valence-electron chi connectivity index (χ1n) is 11.3. The summed E-state index contributed by atoms with van der Waals surface area (Å²) in [6.45, 7) is 6.21. The minimum Gasteiger partial charge on any atom is -0.442 e. The Labute approximate surface area is 236 Å². The van der Waals surface area contributed by atoms with Gasteiger partial charge in [-0.15, -0.1) is 0 Å². The Kier molecular flexibility index (Phi) is 8.88. The SMILES string of the molecule is COCC(=O)NN(C(=O)OC(C)(C)C)c1cc(C2=NOC(c3cc(C)cc(I)c3)(C(F)(F)F)C2)ccc1Cl. The number of alkyl halides is 3. The van der Waals surface area contributed by atoms with Crippen LogP contribution in [0.3, 0.4) is 0 Å². The first-order valence-corrected chi connectivity index (χ1v) is 12.7. The highest BCUT2D eigenvalue weighted by Crippen LogP contribution is 2.49. The van der Waals surface area contributed by atoms with Crippen LogP contribution in [0.2, 0.25) is 5.02 Å². The van der Waals surface area contributed by atoms with Gasteiger partial charge >= 0.3 is 12.3 Å². The fraction of sp³-hybridized carbons (Fsp3) is 0.400. The van der Waals surface area contributed by atoms with Gasteiger partial charge in [0.1, 0.15) is 12.2 Å². The van der Waals surface area contributed by atoms with Gasteiger partial charge in [-0.05, 0) is 80.1 Å². The molecule has 206 valence electrons. The van der Waals surface area contributed by atoms with Gasteiger partial charge in [-0.1, -0.05) is 28.9 Å². The highest BCUT2D eigenvalue weighted by Gasteiger charge is 2.62. The first-order chi connectivity index (χ1) is 17.6. The number of carbonyl (C=O) groups is 2. The van der Waals surface area contributed by atoms with E-state index in [-0.39, 0.29) is 34.2 Å². The second kappa shape index (κ2) is 11.3. The zero-order valence-corrected chi connectivity index (χ0v) is 24.1. The van der Waals surface area contributed by atoms with Crippen molar-refractivity contribution in [2.45, 2.75) is 51.5 Å². The van der Waals surface area contributed by atoms with Gasteiger partial charge in [0, 0.05) is 28.2 Å². The summed E-state index contributed by atoms with van der Waals surface area (Å²) in [6, 6.07) is 8.72. The highest BCUT2D eigenvalue weighted by molar-refractivity contribution is 14.1. The van der Waals surface area contributed by atoms with Crippen molar-refractivity contribution in [1.29, 1.82) is 0 Å². The van der Waals surface area contributed by atoms with Crippen molar-refractivity contribution in [3.63, 3.8) is 0 Å². The number of benzene rings is 2. The van der Waals surface area contributed by atoms with Crippen LogP contribution in [0.4, 0.5) is 23.7 Å². The van der Waals surface area contributed by atoms with Gasteiger partial charge in [0.15, 0.2) is 0 Å². The van der Waals surface area contributed by atoms with Crippen LogP contribution in [0.25, 0.3) is 0 Å². The summed E-state index contributed by atoms with van der Waals surface area (Å²) >= 11 is 8.30. The molecule has 1 aliphatic heterocycles. The lowest BCUT2D eigenvalue weighted by Crippen LogP contribution is -2.49. The highest BCUT2D eigenvalue weighted by atomic mass is 127. The molecule has 8 nitrogen and oxygen atoms in total. The molecular formula is C25H26ClF3IN3O5. The van der Waals surface area contributed by atoms with E-state index < -0.39 is 35.8 Å². The van der Waals surface area contributed by atoms with Gasteiger partial charge in [0.05, 0.1) is 16.4 Å². The Morgan fingerprint density at radius 3 is 2.47 bits per heavy atom. The molecule has 0 radical (unpaired) electrons. The van der Waals surface area contributed by atoms with E-state index in [0.29, 0.717) is 9.13 Å². The second-order valence-corrected chi connectivity index (χ2v) is 11.3. The number of aryl methyl sites for hydroxylation is 1. The molecular weight excluding hydrogens is 642 g/mol. The topological polar surface area (TPSA) is 89.5 Å². The molecule has 2 aromatic rings. The number of hydrogen-bond donors (Lipinski definition) is 1. The van der Waals surface area contributed by atoms with Crippen LogP contribution >= 0.6 is 34.2 Å². The van der Waals surface area contributed by atoms with Crippen molar-refractivity contribution in [2.75, 3.05) is 18.7 Å². The number of nitrogens with zero attached hydrogens (tertiary/aromatic N) is 2. The normalized spacial score (nSPS) is 17.5. The minimum atomic E-state index is -4.79. The van der Waals surface area contributed by atoms with Crippen molar-refractivity contribution in [3.8, 4) is 0 Å². The van der Waals surface area contributed by atoms with E-state index in [1.54, 1.807) is 33.8 Å². The molecule has 38 heavy (non-hydrogen) atoms. The van der Waals surface area contributed by atoms with Crippen molar-refractivity contribution >= 4 is 57.6 Å². The summed E-state index contributed by atoms with van der Waals surface area (Å²) in [6.07, 6.45) is -6.38. The Morgan fingerprint density at radius 2 is 1.89 bits per heavy atom. The fourth-order valence-electron chi connectivity index (χ4n) is 3.69. The Morgan fingerprint density at radius 1 is 1.21 bits per heavy atom. The van der Waals surface area contributed by atoms with Crippen molar-refractivity contribution in [2.24, 2.45) is 5.16 Å². The van der Waals surface area contributed by atoms with Gasteiger partial charge in [-0.25, -0.2) is 4.79 Å². The Balaban J connectivity index is 2.03. The molecule has 2 aromatic carbocycles. The first kappa shape index (κ1) is 30.0. The van der Waals surface area contributed by atoms with Crippen LogP contribution in [0.15, 0.2) is 41.6 Å². The average Bonchev–Trinajstić information content (AvgIpc) is 3.23. The predicted octanol–water partition coefficient (Wildman–Crippen LogP) is 6.25. The summed E-state index contributed by atoms with van der Waals surface area (Å²) in [7, 11) is 1.30. The molecule has 2 amide bonds.